The Morgan fingerprint density at radius 2 is 1.97 bits per heavy atom. The number of nitrogens with zero attached hydrogens (tertiary/aromatic N) is 2. The van der Waals surface area contributed by atoms with Crippen molar-refractivity contribution < 1.29 is 29.4 Å². The molecule has 2 aliphatic rings. The summed E-state index contributed by atoms with van der Waals surface area (Å²) in [6, 6.07) is 2.50. The number of phenolic OH excluding ortho intramolecular Hbond substituents is 2. The van der Waals surface area contributed by atoms with Gasteiger partial charge in [0.15, 0.2) is 6.61 Å². The van der Waals surface area contributed by atoms with Gasteiger partial charge in [-0.3, -0.25) is 4.79 Å². The minimum absolute atomic E-state index is 0.0167. The number of likely N-dealkylation sites (tertiary alicyclic amines) is 1. The minimum atomic E-state index is -0.670. The van der Waals surface area contributed by atoms with Gasteiger partial charge in [-0.05, 0) is 56.7 Å². The zero-order valence-corrected chi connectivity index (χ0v) is 19.1. The Morgan fingerprint density at radius 1 is 1.18 bits per heavy atom. The summed E-state index contributed by atoms with van der Waals surface area (Å²) in [5, 5.41) is 24.5. The van der Waals surface area contributed by atoms with Gasteiger partial charge in [0, 0.05) is 32.0 Å². The maximum atomic E-state index is 12.7. The van der Waals surface area contributed by atoms with Gasteiger partial charge in [0.25, 0.3) is 5.91 Å². The zero-order chi connectivity index (χ0) is 23.6. The molecule has 0 aliphatic carbocycles. The molecule has 2 N–H and O–H groups in total. The molecule has 2 aliphatic heterocycles. The summed E-state index contributed by atoms with van der Waals surface area (Å²) in [5.74, 6) is -1.32. The van der Waals surface area contributed by atoms with E-state index in [0.29, 0.717) is 17.7 Å². The first-order valence-corrected chi connectivity index (χ1v) is 11.4. The van der Waals surface area contributed by atoms with Crippen molar-refractivity contribution in [3.63, 3.8) is 0 Å². The van der Waals surface area contributed by atoms with Crippen LogP contribution in [0.5, 0.6) is 11.5 Å². The highest BCUT2D eigenvalue weighted by atomic mass is 16.6. The number of cyclic esters (lactones) is 1. The maximum absolute atomic E-state index is 12.7. The summed E-state index contributed by atoms with van der Waals surface area (Å²) in [6.07, 6.45) is 11.3. The van der Waals surface area contributed by atoms with Gasteiger partial charge in [-0.2, -0.15) is 0 Å². The number of amides is 1. The number of phenols is 2. The van der Waals surface area contributed by atoms with E-state index in [1.807, 2.05) is 13.0 Å². The number of carbonyl (C=O) groups excluding carboxylic acids is 2. The van der Waals surface area contributed by atoms with Crippen molar-refractivity contribution in [1.29, 1.82) is 0 Å². The third-order valence-electron chi connectivity index (χ3n) is 5.70. The van der Waals surface area contributed by atoms with Crippen molar-refractivity contribution in [3.05, 3.63) is 47.1 Å². The number of hydrogen-bond donors (Lipinski definition) is 2. The Morgan fingerprint density at radius 3 is 2.76 bits per heavy atom. The third-order valence-corrected chi connectivity index (χ3v) is 5.70. The Hall–Kier alpha value is -3.29. The molecule has 0 spiro atoms. The smallest absolute Gasteiger partial charge is 0.342 e. The van der Waals surface area contributed by atoms with Crippen LogP contribution in [0.2, 0.25) is 0 Å². The van der Waals surface area contributed by atoms with Crippen molar-refractivity contribution >= 4 is 17.6 Å². The number of hydrogen-bond acceptors (Lipinski definition) is 7. The average molecular weight is 457 g/mol. The summed E-state index contributed by atoms with van der Waals surface area (Å²) in [4.78, 5) is 32.2. The van der Waals surface area contributed by atoms with Crippen LogP contribution >= 0.6 is 0 Å². The minimum Gasteiger partial charge on any atom is -0.508 e. The molecular formula is C25H32N2O6. The first-order valence-electron chi connectivity index (χ1n) is 11.4. The predicted octanol–water partition coefficient (Wildman–Crippen LogP) is 3.87. The summed E-state index contributed by atoms with van der Waals surface area (Å²) in [6.45, 7) is 3.48. The highest BCUT2D eigenvalue weighted by Crippen LogP contribution is 2.29. The summed E-state index contributed by atoms with van der Waals surface area (Å²) in [7, 11) is 0. The fourth-order valence-corrected chi connectivity index (χ4v) is 3.89. The number of piperidine rings is 1. The van der Waals surface area contributed by atoms with E-state index in [1.165, 1.54) is 6.07 Å². The van der Waals surface area contributed by atoms with E-state index in [-0.39, 0.29) is 42.6 Å². The number of aromatic hydroxyl groups is 2. The Bertz CT molecular complexity index is 944. The van der Waals surface area contributed by atoms with Crippen LogP contribution in [-0.4, -0.2) is 59.0 Å². The fourth-order valence-electron chi connectivity index (χ4n) is 3.89. The van der Waals surface area contributed by atoms with Crippen LogP contribution in [0.3, 0.4) is 0 Å². The Labute approximate surface area is 194 Å². The molecule has 1 aromatic rings. The average Bonchev–Trinajstić information content (AvgIpc) is 2.78. The molecule has 2 heterocycles. The molecular weight excluding hydrogens is 424 g/mol. The van der Waals surface area contributed by atoms with E-state index in [9.17, 15) is 19.8 Å². The van der Waals surface area contributed by atoms with Crippen LogP contribution in [0.25, 0.3) is 0 Å². The topological polar surface area (TPSA) is 109 Å². The molecule has 0 radical (unpaired) electrons. The second kappa shape index (κ2) is 12.1. The SMILES string of the molecule is C/C1=C\CC/C=C/C(=N/OCC(=O)N2CCCCC2)Cc2cc(O)cc(O)c2C(=O)OCC1. The fraction of sp³-hybridized carbons (Fsp3) is 0.480. The number of carbonyl (C=O) groups is 2. The molecule has 178 valence electrons. The molecule has 1 fully saturated rings. The second-order valence-electron chi connectivity index (χ2n) is 8.39. The molecule has 3 rings (SSSR count). The third kappa shape index (κ3) is 7.37. The van der Waals surface area contributed by atoms with Crippen LogP contribution in [0.4, 0.5) is 0 Å². The number of esters is 1. The Kier molecular flexibility index (Phi) is 8.92. The molecule has 1 saturated heterocycles. The molecule has 0 unspecified atom stereocenters. The van der Waals surface area contributed by atoms with Crippen LogP contribution in [0, 0.1) is 0 Å². The van der Waals surface area contributed by atoms with Gasteiger partial charge in [-0.1, -0.05) is 22.9 Å². The van der Waals surface area contributed by atoms with Crippen LogP contribution in [0.1, 0.15) is 61.4 Å². The van der Waals surface area contributed by atoms with Gasteiger partial charge in [0.05, 0.1) is 12.3 Å². The van der Waals surface area contributed by atoms with E-state index in [0.717, 1.165) is 56.8 Å². The van der Waals surface area contributed by atoms with Crippen molar-refractivity contribution in [2.75, 3.05) is 26.3 Å². The molecule has 0 saturated carbocycles. The standard InChI is InChI=1S/C25H32N2O6/c1-18-8-4-2-5-9-20(26-33-17-23(30)27-11-6-3-7-12-27)14-19-15-21(28)16-22(29)24(19)25(31)32-13-10-18/h5,8-9,15-16,28-29H,2-4,6-7,10-14,17H2,1H3/b9-5+,18-8+,26-20-. The Balaban J connectivity index is 1.82. The lowest BCUT2D eigenvalue weighted by molar-refractivity contribution is -0.137. The van der Waals surface area contributed by atoms with Crippen LogP contribution in [-0.2, 0) is 20.8 Å². The highest BCUT2D eigenvalue weighted by Gasteiger charge is 2.21. The molecule has 0 bridgehead atoms. The first-order chi connectivity index (χ1) is 15.9. The van der Waals surface area contributed by atoms with Gasteiger partial charge >= 0.3 is 5.97 Å². The van der Waals surface area contributed by atoms with Gasteiger partial charge in [-0.25, -0.2) is 4.79 Å². The molecule has 8 heteroatoms. The predicted molar refractivity (Wildman–Crippen MR) is 124 cm³/mol. The molecule has 8 nitrogen and oxygen atoms in total. The summed E-state index contributed by atoms with van der Waals surface area (Å²) >= 11 is 0. The lowest BCUT2D eigenvalue weighted by Crippen LogP contribution is -2.37. The van der Waals surface area contributed by atoms with Gasteiger partial charge in [0.2, 0.25) is 0 Å². The van der Waals surface area contributed by atoms with Crippen LogP contribution in [0.15, 0.2) is 41.1 Å². The molecule has 0 atom stereocenters. The van der Waals surface area contributed by atoms with Crippen LogP contribution < -0.4 is 0 Å². The molecule has 1 amide bonds. The largest absolute Gasteiger partial charge is 0.508 e. The lowest BCUT2D eigenvalue weighted by atomic mass is 9.99. The number of oxime groups is 1. The van der Waals surface area contributed by atoms with Crippen molar-refractivity contribution in [2.24, 2.45) is 5.16 Å². The first kappa shape index (κ1) is 24.4. The van der Waals surface area contributed by atoms with Crippen molar-refractivity contribution in [2.45, 2.75) is 51.9 Å². The van der Waals surface area contributed by atoms with E-state index >= 15 is 0 Å². The van der Waals surface area contributed by atoms with Crippen molar-refractivity contribution in [1.82, 2.24) is 4.90 Å². The summed E-state index contributed by atoms with van der Waals surface area (Å²) < 4.78 is 5.36. The maximum Gasteiger partial charge on any atom is 0.342 e. The molecule has 1 aromatic carbocycles. The van der Waals surface area contributed by atoms with Crippen molar-refractivity contribution in [3.8, 4) is 11.5 Å². The molecule has 33 heavy (non-hydrogen) atoms. The van der Waals surface area contributed by atoms with E-state index in [1.54, 1.807) is 11.0 Å². The number of fused-ring (bicyclic) bond motifs is 1. The summed E-state index contributed by atoms with van der Waals surface area (Å²) in [5.41, 5.74) is 1.91. The number of allylic oxidation sites excluding steroid dienone is 3. The highest BCUT2D eigenvalue weighted by molar-refractivity contribution is 6.00. The molecule has 0 aromatic heterocycles. The zero-order valence-electron chi connectivity index (χ0n) is 19.1. The number of benzene rings is 1. The normalized spacial score (nSPS) is 21.8. The number of rotatable bonds is 3. The van der Waals surface area contributed by atoms with E-state index in [4.69, 9.17) is 9.57 Å². The van der Waals surface area contributed by atoms with E-state index in [2.05, 4.69) is 11.2 Å². The van der Waals surface area contributed by atoms with E-state index < -0.39 is 5.97 Å². The van der Waals surface area contributed by atoms with Gasteiger partial charge in [0.1, 0.15) is 17.1 Å². The second-order valence-corrected chi connectivity index (χ2v) is 8.39. The quantitative estimate of drug-likeness (QED) is 0.406. The van der Waals surface area contributed by atoms with Gasteiger partial charge < -0.3 is 24.7 Å². The number of ether oxygens (including phenoxy) is 1. The monoisotopic (exact) mass is 456 g/mol. The van der Waals surface area contributed by atoms with Gasteiger partial charge in [-0.15, -0.1) is 0 Å². The lowest BCUT2D eigenvalue weighted by Gasteiger charge is -2.26.